The third-order valence-corrected chi connectivity index (χ3v) is 4.12. The zero-order valence-electron chi connectivity index (χ0n) is 15.9. The molecule has 0 fully saturated rings. The molecule has 3 aromatic rings. The molecule has 0 aliphatic heterocycles. The van der Waals surface area contributed by atoms with E-state index in [4.69, 9.17) is 4.74 Å². The standard InChI is InChI=1S/C23H20N2O5/c26-20(15-30-23(29)21(27)16-8-3-1-4-9-16)24-18-12-7-13-19(14-18)25-22(28)17-10-5-2-6-11-17/h1-14,21,27H,15H2,(H,24,26)(H,25,28)/t21-/m1/s1. The highest BCUT2D eigenvalue weighted by Gasteiger charge is 2.19. The molecule has 0 radical (unpaired) electrons. The number of aliphatic hydroxyl groups is 1. The van der Waals surface area contributed by atoms with E-state index in [0.29, 0.717) is 22.5 Å². The van der Waals surface area contributed by atoms with Gasteiger partial charge in [0.2, 0.25) is 0 Å². The number of aliphatic hydroxyl groups excluding tert-OH is 1. The van der Waals surface area contributed by atoms with Gasteiger partial charge in [-0.1, -0.05) is 54.6 Å². The van der Waals surface area contributed by atoms with E-state index in [1.807, 2.05) is 6.07 Å². The molecule has 2 amide bonds. The lowest BCUT2D eigenvalue weighted by molar-refractivity contribution is -0.156. The van der Waals surface area contributed by atoms with Crippen LogP contribution in [-0.4, -0.2) is 29.5 Å². The molecule has 0 spiro atoms. The molecule has 0 heterocycles. The molecule has 0 aliphatic rings. The van der Waals surface area contributed by atoms with E-state index in [1.54, 1.807) is 78.9 Å². The topological polar surface area (TPSA) is 105 Å². The average Bonchev–Trinajstić information content (AvgIpc) is 2.78. The Kier molecular flexibility index (Phi) is 6.91. The number of ether oxygens (including phenoxy) is 1. The highest BCUT2D eigenvalue weighted by molar-refractivity contribution is 6.04. The summed E-state index contributed by atoms with van der Waals surface area (Å²) in [5, 5.41) is 15.3. The highest BCUT2D eigenvalue weighted by Crippen LogP contribution is 2.17. The molecule has 0 saturated carbocycles. The monoisotopic (exact) mass is 404 g/mol. The van der Waals surface area contributed by atoms with Gasteiger partial charge in [-0.15, -0.1) is 0 Å². The fraction of sp³-hybridized carbons (Fsp3) is 0.0870. The Bertz CT molecular complexity index is 1020. The largest absolute Gasteiger partial charge is 0.453 e. The maximum atomic E-state index is 12.2. The first kappa shape index (κ1) is 20.8. The first-order chi connectivity index (χ1) is 14.5. The van der Waals surface area contributed by atoms with Crippen LogP contribution < -0.4 is 10.6 Å². The van der Waals surface area contributed by atoms with Crippen LogP contribution in [0.4, 0.5) is 11.4 Å². The molecule has 7 heteroatoms. The second kappa shape index (κ2) is 9.99. The van der Waals surface area contributed by atoms with Gasteiger partial charge in [-0.2, -0.15) is 0 Å². The van der Waals surface area contributed by atoms with Crippen LogP contribution in [0.5, 0.6) is 0 Å². The summed E-state index contributed by atoms with van der Waals surface area (Å²) in [4.78, 5) is 36.2. The van der Waals surface area contributed by atoms with Gasteiger partial charge in [0.05, 0.1) is 0 Å². The number of benzene rings is 3. The molecule has 30 heavy (non-hydrogen) atoms. The molecule has 0 saturated heterocycles. The van der Waals surface area contributed by atoms with Crippen molar-refractivity contribution in [3.05, 3.63) is 96.1 Å². The number of esters is 1. The van der Waals surface area contributed by atoms with Crippen molar-refractivity contribution in [2.24, 2.45) is 0 Å². The maximum Gasteiger partial charge on any atom is 0.340 e. The van der Waals surface area contributed by atoms with Crippen LogP contribution in [0.3, 0.4) is 0 Å². The minimum atomic E-state index is -1.46. The second-order valence-electron chi connectivity index (χ2n) is 6.37. The van der Waals surface area contributed by atoms with Crippen LogP contribution in [0.2, 0.25) is 0 Å². The van der Waals surface area contributed by atoms with Crippen molar-refractivity contribution in [2.45, 2.75) is 6.10 Å². The third-order valence-electron chi connectivity index (χ3n) is 4.12. The summed E-state index contributed by atoms with van der Waals surface area (Å²) in [7, 11) is 0. The number of hydrogen-bond acceptors (Lipinski definition) is 5. The molecule has 0 aliphatic carbocycles. The summed E-state index contributed by atoms with van der Waals surface area (Å²) < 4.78 is 4.87. The molecular weight excluding hydrogens is 384 g/mol. The van der Waals surface area contributed by atoms with Crippen molar-refractivity contribution in [3.63, 3.8) is 0 Å². The van der Waals surface area contributed by atoms with Gasteiger partial charge < -0.3 is 20.5 Å². The Morgan fingerprint density at radius 1 is 0.800 bits per heavy atom. The molecule has 152 valence electrons. The molecule has 3 aromatic carbocycles. The number of rotatable bonds is 7. The average molecular weight is 404 g/mol. The first-order valence-corrected chi connectivity index (χ1v) is 9.19. The minimum Gasteiger partial charge on any atom is -0.453 e. The van der Waals surface area contributed by atoms with Gasteiger partial charge in [-0.05, 0) is 35.9 Å². The highest BCUT2D eigenvalue weighted by atomic mass is 16.5. The lowest BCUT2D eigenvalue weighted by atomic mass is 10.1. The van der Waals surface area contributed by atoms with Crippen molar-refractivity contribution in [1.82, 2.24) is 0 Å². The summed E-state index contributed by atoms with van der Waals surface area (Å²) in [5.41, 5.74) is 1.81. The van der Waals surface area contributed by atoms with Crippen LogP contribution in [-0.2, 0) is 14.3 Å². The second-order valence-corrected chi connectivity index (χ2v) is 6.37. The van der Waals surface area contributed by atoms with E-state index in [1.165, 1.54) is 0 Å². The van der Waals surface area contributed by atoms with Gasteiger partial charge in [0, 0.05) is 16.9 Å². The summed E-state index contributed by atoms with van der Waals surface area (Å²) in [6.07, 6.45) is -1.46. The van der Waals surface area contributed by atoms with Gasteiger partial charge >= 0.3 is 5.97 Å². The fourth-order valence-corrected chi connectivity index (χ4v) is 2.65. The third kappa shape index (κ3) is 5.76. The zero-order valence-corrected chi connectivity index (χ0v) is 15.9. The van der Waals surface area contributed by atoms with E-state index >= 15 is 0 Å². The van der Waals surface area contributed by atoms with Crippen LogP contribution in [0.15, 0.2) is 84.9 Å². The Morgan fingerprint density at radius 3 is 2.07 bits per heavy atom. The molecule has 1 atom stereocenters. The van der Waals surface area contributed by atoms with E-state index in [2.05, 4.69) is 10.6 Å². The van der Waals surface area contributed by atoms with Crippen molar-refractivity contribution in [3.8, 4) is 0 Å². The van der Waals surface area contributed by atoms with Gasteiger partial charge in [-0.25, -0.2) is 4.79 Å². The van der Waals surface area contributed by atoms with Crippen LogP contribution in [0, 0.1) is 0 Å². The first-order valence-electron chi connectivity index (χ1n) is 9.19. The molecule has 7 nitrogen and oxygen atoms in total. The Balaban J connectivity index is 1.52. The molecule has 3 rings (SSSR count). The minimum absolute atomic E-state index is 0.275. The lowest BCUT2D eigenvalue weighted by Crippen LogP contribution is -2.24. The van der Waals surface area contributed by atoms with E-state index in [-0.39, 0.29) is 5.91 Å². The zero-order chi connectivity index (χ0) is 21.3. The number of nitrogens with one attached hydrogen (secondary N) is 2. The van der Waals surface area contributed by atoms with Crippen LogP contribution in [0.1, 0.15) is 22.0 Å². The molecular formula is C23H20N2O5. The lowest BCUT2D eigenvalue weighted by Gasteiger charge is -2.12. The number of amides is 2. The number of anilines is 2. The number of hydrogen-bond donors (Lipinski definition) is 3. The SMILES string of the molecule is O=C(COC(=O)[C@H](O)c1ccccc1)Nc1cccc(NC(=O)c2ccccc2)c1. The maximum absolute atomic E-state index is 12.2. The molecule has 0 aromatic heterocycles. The van der Waals surface area contributed by atoms with E-state index in [9.17, 15) is 19.5 Å². The number of carbonyl (C=O) groups excluding carboxylic acids is 3. The quantitative estimate of drug-likeness (QED) is 0.525. The smallest absolute Gasteiger partial charge is 0.340 e. The van der Waals surface area contributed by atoms with Crippen molar-refractivity contribution < 1.29 is 24.2 Å². The number of carbonyl (C=O) groups is 3. The normalized spacial score (nSPS) is 11.2. The summed E-state index contributed by atoms with van der Waals surface area (Å²) in [6, 6.07) is 23.6. The summed E-state index contributed by atoms with van der Waals surface area (Å²) in [6.45, 7) is -0.552. The molecule has 0 unspecified atom stereocenters. The van der Waals surface area contributed by atoms with Gasteiger partial charge in [0.15, 0.2) is 12.7 Å². The predicted molar refractivity (Wildman–Crippen MR) is 112 cm³/mol. The van der Waals surface area contributed by atoms with Crippen LogP contribution in [0.25, 0.3) is 0 Å². The Hall–Kier alpha value is -3.97. The van der Waals surface area contributed by atoms with Crippen LogP contribution >= 0.6 is 0 Å². The summed E-state index contributed by atoms with van der Waals surface area (Å²) in [5.74, 6) is -1.77. The fourth-order valence-electron chi connectivity index (χ4n) is 2.65. The predicted octanol–water partition coefficient (Wildman–Crippen LogP) is 3.15. The van der Waals surface area contributed by atoms with Crippen molar-refractivity contribution in [2.75, 3.05) is 17.2 Å². The van der Waals surface area contributed by atoms with E-state index < -0.39 is 24.6 Å². The Morgan fingerprint density at radius 2 is 1.40 bits per heavy atom. The van der Waals surface area contributed by atoms with Gasteiger partial charge in [0.1, 0.15) is 0 Å². The van der Waals surface area contributed by atoms with Crippen molar-refractivity contribution in [1.29, 1.82) is 0 Å². The van der Waals surface area contributed by atoms with Gasteiger partial charge in [0.25, 0.3) is 11.8 Å². The molecule has 3 N–H and O–H groups in total. The summed E-state index contributed by atoms with van der Waals surface area (Å²) >= 11 is 0. The van der Waals surface area contributed by atoms with Gasteiger partial charge in [-0.3, -0.25) is 9.59 Å². The van der Waals surface area contributed by atoms with E-state index in [0.717, 1.165) is 0 Å². The Labute approximate surface area is 173 Å². The van der Waals surface area contributed by atoms with Crippen molar-refractivity contribution >= 4 is 29.2 Å². The molecule has 0 bridgehead atoms.